The number of nitrogens with one attached hydrogen (secondary N) is 1. The van der Waals surface area contributed by atoms with Crippen LogP contribution in [-0.4, -0.2) is 39.1 Å². The molecule has 1 heterocycles. The Bertz CT molecular complexity index is 1340. The van der Waals surface area contributed by atoms with Gasteiger partial charge in [-0.2, -0.15) is 13.2 Å². The summed E-state index contributed by atoms with van der Waals surface area (Å²) in [5.41, 5.74) is 1.59. The fourth-order valence-corrected chi connectivity index (χ4v) is 4.30. The molecular formula is C22H20BrF3N2O3S. The summed E-state index contributed by atoms with van der Waals surface area (Å²) < 4.78 is 70.5. The number of hydrogen-bond acceptors (Lipinski definition) is 4. The van der Waals surface area contributed by atoms with Crippen LogP contribution in [0.3, 0.4) is 0 Å². The van der Waals surface area contributed by atoms with Crippen molar-refractivity contribution in [3.63, 3.8) is 0 Å². The van der Waals surface area contributed by atoms with Gasteiger partial charge >= 0.3 is 6.18 Å². The Morgan fingerprint density at radius 3 is 2.53 bits per heavy atom. The molecule has 0 aliphatic heterocycles. The van der Waals surface area contributed by atoms with E-state index in [-0.39, 0.29) is 17.1 Å². The molecule has 0 atom stereocenters. The van der Waals surface area contributed by atoms with E-state index in [1.54, 1.807) is 31.3 Å². The molecule has 0 radical (unpaired) electrons. The number of alkyl halides is 3. The fraction of sp³-hybridized carbons (Fsp3) is 0.273. The van der Waals surface area contributed by atoms with Gasteiger partial charge in [0.05, 0.1) is 41.7 Å². The van der Waals surface area contributed by atoms with Crippen LogP contribution in [0.15, 0.2) is 45.8 Å². The maximum Gasteiger partial charge on any atom is 0.394 e. The number of methoxy groups -OCH3 is 1. The summed E-state index contributed by atoms with van der Waals surface area (Å²) in [5.74, 6) is 6.06. The number of benzene rings is 2. The summed E-state index contributed by atoms with van der Waals surface area (Å²) in [6, 6.07) is 9.65. The Morgan fingerprint density at radius 2 is 1.91 bits per heavy atom. The van der Waals surface area contributed by atoms with Crippen LogP contribution in [-0.2, 0) is 23.3 Å². The normalized spacial score (nSPS) is 11.8. The molecule has 1 N–H and O–H groups in total. The van der Waals surface area contributed by atoms with E-state index in [4.69, 9.17) is 4.74 Å². The number of sulfone groups is 1. The number of halogens is 4. The maximum atomic E-state index is 13.2. The van der Waals surface area contributed by atoms with E-state index in [0.29, 0.717) is 27.9 Å². The van der Waals surface area contributed by atoms with Crippen molar-refractivity contribution in [3.8, 4) is 17.6 Å². The van der Waals surface area contributed by atoms with Crippen LogP contribution in [0.4, 0.5) is 18.9 Å². The Labute approximate surface area is 192 Å². The van der Waals surface area contributed by atoms with Crippen LogP contribution < -0.4 is 10.1 Å². The molecule has 0 saturated heterocycles. The van der Waals surface area contributed by atoms with Crippen LogP contribution in [0.2, 0.25) is 0 Å². The molecule has 0 aliphatic rings. The highest BCUT2D eigenvalue weighted by molar-refractivity contribution is 9.10. The molecule has 0 saturated carbocycles. The Balaban J connectivity index is 1.92. The van der Waals surface area contributed by atoms with Crippen LogP contribution in [0.25, 0.3) is 10.9 Å². The number of anilines is 1. The third kappa shape index (κ3) is 5.40. The molecule has 170 valence electrons. The smallest absolute Gasteiger partial charge is 0.394 e. The number of hydrogen-bond donors (Lipinski definition) is 1. The first-order valence-electron chi connectivity index (χ1n) is 9.35. The molecule has 10 heteroatoms. The zero-order chi connectivity index (χ0) is 23.7. The molecule has 32 heavy (non-hydrogen) atoms. The van der Waals surface area contributed by atoms with Crippen molar-refractivity contribution in [3.05, 3.63) is 52.1 Å². The Morgan fingerprint density at radius 1 is 1.19 bits per heavy atom. The van der Waals surface area contributed by atoms with Gasteiger partial charge in [-0.05, 0) is 24.3 Å². The van der Waals surface area contributed by atoms with Crippen molar-refractivity contribution in [1.29, 1.82) is 0 Å². The van der Waals surface area contributed by atoms with Crippen LogP contribution in [0.1, 0.15) is 11.3 Å². The minimum atomic E-state index is -4.37. The minimum Gasteiger partial charge on any atom is -0.495 e. The summed E-state index contributed by atoms with van der Waals surface area (Å²) in [6.45, 7) is 0.118. The molecule has 0 bridgehead atoms. The molecule has 0 aliphatic carbocycles. The van der Waals surface area contributed by atoms with Gasteiger partial charge in [-0.1, -0.05) is 33.8 Å². The molecule has 0 spiro atoms. The number of ether oxygens (including phenoxy) is 1. The summed E-state index contributed by atoms with van der Waals surface area (Å²) in [5, 5.41) is 3.65. The van der Waals surface area contributed by atoms with Crippen molar-refractivity contribution >= 4 is 42.4 Å². The van der Waals surface area contributed by atoms with Gasteiger partial charge in [0.15, 0.2) is 9.84 Å². The maximum absolute atomic E-state index is 13.2. The quantitative estimate of drug-likeness (QED) is 0.477. The predicted molar refractivity (Wildman–Crippen MR) is 122 cm³/mol. The molecular weight excluding hydrogens is 509 g/mol. The zero-order valence-corrected chi connectivity index (χ0v) is 19.9. The third-order valence-corrected chi connectivity index (χ3v) is 6.44. The highest BCUT2D eigenvalue weighted by atomic mass is 79.9. The van der Waals surface area contributed by atoms with Gasteiger partial charge in [0.25, 0.3) is 0 Å². The SMILES string of the molecule is COc1cc(S(C)(=O)=O)ccc1NCC#Cc1c(CC(F)(F)F)n(C)c2cc(Br)ccc12. The molecule has 0 unspecified atom stereocenters. The monoisotopic (exact) mass is 528 g/mol. The fourth-order valence-electron chi connectivity index (χ4n) is 3.32. The van der Waals surface area contributed by atoms with Gasteiger partial charge in [0, 0.05) is 34.9 Å². The molecule has 2 aromatic carbocycles. The number of fused-ring (bicyclic) bond motifs is 1. The highest BCUT2D eigenvalue weighted by Gasteiger charge is 2.31. The first kappa shape index (κ1) is 24.0. The van der Waals surface area contributed by atoms with Crippen molar-refractivity contribution < 1.29 is 26.3 Å². The average molecular weight is 529 g/mol. The highest BCUT2D eigenvalue weighted by Crippen LogP contribution is 2.32. The van der Waals surface area contributed by atoms with Gasteiger partial charge < -0.3 is 14.6 Å². The summed E-state index contributed by atoms with van der Waals surface area (Å²) >= 11 is 3.35. The molecule has 3 rings (SSSR count). The van der Waals surface area contributed by atoms with E-state index in [1.807, 2.05) is 0 Å². The zero-order valence-electron chi connectivity index (χ0n) is 17.5. The summed E-state index contributed by atoms with van der Waals surface area (Å²) in [4.78, 5) is 0.115. The first-order chi connectivity index (χ1) is 14.9. The standard InChI is InChI=1S/C22H20BrF3N2O3S/c1-28-19-11-14(23)6-8-17(19)16(20(28)13-22(24,25)26)5-4-10-27-18-9-7-15(32(3,29)30)12-21(18)31-2/h6-9,11-12,27H,10,13H2,1-3H3. The second-order valence-electron chi connectivity index (χ2n) is 7.12. The summed E-state index contributed by atoms with van der Waals surface area (Å²) in [7, 11) is -0.385. The van der Waals surface area contributed by atoms with Crippen molar-refractivity contribution in [2.24, 2.45) is 7.05 Å². The minimum absolute atomic E-state index is 0.0909. The number of rotatable bonds is 5. The topological polar surface area (TPSA) is 60.3 Å². The van der Waals surface area contributed by atoms with E-state index in [2.05, 4.69) is 33.1 Å². The van der Waals surface area contributed by atoms with Crippen molar-refractivity contribution in [1.82, 2.24) is 4.57 Å². The van der Waals surface area contributed by atoms with Gasteiger partial charge in [0.1, 0.15) is 5.75 Å². The first-order valence-corrected chi connectivity index (χ1v) is 12.0. The van der Waals surface area contributed by atoms with Gasteiger partial charge in [-0.25, -0.2) is 8.42 Å². The van der Waals surface area contributed by atoms with Crippen LogP contribution in [0.5, 0.6) is 5.75 Å². The molecule has 3 aromatic rings. The molecule has 1 aromatic heterocycles. The lowest BCUT2D eigenvalue weighted by Crippen LogP contribution is -2.15. The van der Waals surface area contributed by atoms with Crippen molar-refractivity contribution in [2.75, 3.05) is 25.2 Å². The lowest BCUT2D eigenvalue weighted by molar-refractivity contribution is -0.128. The number of aromatic nitrogens is 1. The second-order valence-corrected chi connectivity index (χ2v) is 10.1. The number of aryl methyl sites for hydroxylation is 1. The van der Waals surface area contributed by atoms with E-state index >= 15 is 0 Å². The molecule has 0 fully saturated rings. The lowest BCUT2D eigenvalue weighted by Gasteiger charge is -2.10. The van der Waals surface area contributed by atoms with Crippen LogP contribution in [0, 0.1) is 11.8 Å². The Kier molecular flexibility index (Phi) is 6.81. The van der Waals surface area contributed by atoms with E-state index in [9.17, 15) is 21.6 Å². The van der Waals surface area contributed by atoms with Crippen molar-refractivity contribution in [2.45, 2.75) is 17.5 Å². The number of nitrogens with zero attached hydrogens (tertiary/aromatic N) is 1. The van der Waals surface area contributed by atoms with Gasteiger partial charge in [-0.15, -0.1) is 0 Å². The third-order valence-electron chi connectivity index (χ3n) is 4.83. The summed E-state index contributed by atoms with van der Waals surface area (Å²) in [6.07, 6.45) is -4.36. The molecule has 5 nitrogen and oxygen atoms in total. The van der Waals surface area contributed by atoms with Crippen LogP contribution >= 0.6 is 15.9 Å². The van der Waals surface area contributed by atoms with E-state index in [0.717, 1.165) is 10.7 Å². The largest absolute Gasteiger partial charge is 0.495 e. The van der Waals surface area contributed by atoms with E-state index < -0.39 is 22.4 Å². The van der Waals surface area contributed by atoms with Gasteiger partial charge in [-0.3, -0.25) is 0 Å². The second kappa shape index (κ2) is 9.08. The Hall–Kier alpha value is -2.64. The van der Waals surface area contributed by atoms with E-state index in [1.165, 1.54) is 23.8 Å². The average Bonchev–Trinajstić information content (AvgIpc) is 2.94. The lowest BCUT2D eigenvalue weighted by atomic mass is 10.1. The van der Waals surface area contributed by atoms with Gasteiger partial charge in [0.2, 0.25) is 0 Å². The predicted octanol–water partition coefficient (Wildman–Crippen LogP) is 4.92. The molecule has 0 amide bonds.